The van der Waals surface area contributed by atoms with E-state index in [0.29, 0.717) is 22.4 Å². The molecule has 9 heteroatoms. The zero-order chi connectivity index (χ0) is 24.8. The van der Waals surface area contributed by atoms with Crippen LogP contribution in [0.5, 0.6) is 0 Å². The van der Waals surface area contributed by atoms with Gasteiger partial charge < -0.3 is 0 Å². The molecule has 0 bridgehead atoms. The van der Waals surface area contributed by atoms with Gasteiger partial charge in [-0.25, -0.2) is 4.68 Å². The van der Waals surface area contributed by atoms with Crippen LogP contribution in [0.15, 0.2) is 85.1 Å². The zero-order valence-corrected chi connectivity index (χ0v) is 19.0. The minimum absolute atomic E-state index is 0.0368. The summed E-state index contributed by atoms with van der Waals surface area (Å²) in [6, 6.07) is 22.5. The van der Waals surface area contributed by atoms with Gasteiger partial charge in [-0.15, -0.1) is 0 Å². The molecule has 0 spiro atoms. The lowest BCUT2D eigenvalue weighted by atomic mass is 10.1. The number of hydrogen-bond donors (Lipinski definition) is 2. The highest BCUT2D eigenvalue weighted by atomic mass is 16.6. The first-order valence-electron chi connectivity index (χ1n) is 11.0. The number of aryl methyl sites for hydroxylation is 1. The molecule has 2 amide bonds. The van der Waals surface area contributed by atoms with E-state index in [0.717, 1.165) is 17.7 Å². The van der Waals surface area contributed by atoms with Crippen LogP contribution in [0, 0.1) is 10.1 Å². The van der Waals surface area contributed by atoms with E-state index in [2.05, 4.69) is 16.0 Å². The van der Waals surface area contributed by atoms with Crippen molar-refractivity contribution in [2.75, 3.05) is 0 Å². The van der Waals surface area contributed by atoms with Gasteiger partial charge in [0.05, 0.1) is 22.7 Å². The number of para-hydroxylation sites is 1. The van der Waals surface area contributed by atoms with Gasteiger partial charge in [0.2, 0.25) is 5.91 Å². The minimum atomic E-state index is -0.473. The number of hydrazine groups is 1. The number of hydrogen-bond acceptors (Lipinski definition) is 5. The van der Waals surface area contributed by atoms with Crippen molar-refractivity contribution < 1.29 is 14.5 Å². The number of carbonyl (C=O) groups excluding carboxylic acids is 2. The zero-order valence-electron chi connectivity index (χ0n) is 19.0. The largest absolute Gasteiger partial charge is 0.273 e. The highest BCUT2D eigenvalue weighted by Crippen LogP contribution is 2.26. The fourth-order valence-electron chi connectivity index (χ4n) is 3.54. The molecule has 4 rings (SSSR count). The number of nitrogens with one attached hydrogen (secondary N) is 2. The molecule has 176 valence electrons. The number of benzene rings is 3. The van der Waals surface area contributed by atoms with Gasteiger partial charge in [0.15, 0.2) is 0 Å². The van der Waals surface area contributed by atoms with E-state index in [-0.39, 0.29) is 12.1 Å². The first kappa shape index (κ1) is 23.4. The fraction of sp³-hybridized carbons (Fsp3) is 0.115. The summed E-state index contributed by atoms with van der Waals surface area (Å²) in [6.45, 7) is 2.03. The van der Waals surface area contributed by atoms with E-state index < -0.39 is 16.7 Å². The molecule has 0 saturated carbocycles. The van der Waals surface area contributed by atoms with Gasteiger partial charge in [0.1, 0.15) is 0 Å². The molecule has 0 aliphatic rings. The SMILES string of the molecule is CCc1ccc(C(=O)NNC(=O)Cc2cn(-c3ccccc3)nc2-c2ccc([N+](=O)[O-])cc2)cc1. The van der Waals surface area contributed by atoms with Crippen LogP contribution in [0.1, 0.15) is 28.4 Å². The lowest BCUT2D eigenvalue weighted by Crippen LogP contribution is -2.42. The topological polar surface area (TPSA) is 119 Å². The number of rotatable bonds is 7. The van der Waals surface area contributed by atoms with Crippen molar-refractivity contribution in [3.05, 3.63) is 112 Å². The predicted molar refractivity (Wildman–Crippen MR) is 131 cm³/mol. The summed E-state index contributed by atoms with van der Waals surface area (Å²) in [5.41, 5.74) is 8.93. The number of nitro groups is 1. The first-order chi connectivity index (χ1) is 16.9. The molecule has 0 aliphatic carbocycles. The molecule has 35 heavy (non-hydrogen) atoms. The van der Waals surface area contributed by atoms with Crippen LogP contribution in [-0.4, -0.2) is 26.5 Å². The Hall–Kier alpha value is -4.79. The molecule has 0 atom stereocenters. The standard InChI is InChI=1S/C26H23N5O4/c1-2-18-8-10-20(11-9-18)26(33)28-27-24(32)16-21-17-30(22-6-4-3-5-7-22)29-25(21)19-12-14-23(15-13-19)31(34)35/h3-15,17H,2,16H2,1H3,(H,27,32)(H,28,33). The van der Waals surface area contributed by atoms with Crippen molar-refractivity contribution in [3.63, 3.8) is 0 Å². The van der Waals surface area contributed by atoms with Crippen LogP contribution in [0.3, 0.4) is 0 Å². The van der Waals surface area contributed by atoms with Gasteiger partial charge in [-0.3, -0.25) is 30.6 Å². The van der Waals surface area contributed by atoms with Gasteiger partial charge in [0.25, 0.3) is 11.6 Å². The predicted octanol–water partition coefficient (Wildman–Crippen LogP) is 4.01. The second-order valence-corrected chi connectivity index (χ2v) is 7.82. The summed E-state index contributed by atoms with van der Waals surface area (Å²) >= 11 is 0. The summed E-state index contributed by atoms with van der Waals surface area (Å²) in [5, 5.41) is 15.6. The second kappa shape index (κ2) is 10.4. The molecular weight excluding hydrogens is 446 g/mol. The van der Waals surface area contributed by atoms with E-state index in [9.17, 15) is 19.7 Å². The Morgan fingerprint density at radius 1 is 0.943 bits per heavy atom. The number of nitrogens with zero attached hydrogens (tertiary/aromatic N) is 3. The minimum Gasteiger partial charge on any atom is -0.273 e. The van der Waals surface area contributed by atoms with Crippen molar-refractivity contribution in [2.45, 2.75) is 19.8 Å². The maximum atomic E-state index is 12.7. The van der Waals surface area contributed by atoms with Crippen molar-refractivity contribution in [1.29, 1.82) is 0 Å². The van der Waals surface area contributed by atoms with Crippen LogP contribution in [-0.2, 0) is 17.6 Å². The molecule has 1 aromatic heterocycles. The Bertz CT molecular complexity index is 1350. The first-order valence-corrected chi connectivity index (χ1v) is 11.0. The summed E-state index contributed by atoms with van der Waals surface area (Å²) in [4.78, 5) is 35.6. The quantitative estimate of drug-likeness (QED) is 0.313. The second-order valence-electron chi connectivity index (χ2n) is 7.82. The van der Waals surface area contributed by atoms with Crippen LogP contribution >= 0.6 is 0 Å². The molecule has 2 N–H and O–H groups in total. The van der Waals surface area contributed by atoms with Crippen molar-refractivity contribution in [3.8, 4) is 16.9 Å². The average molecular weight is 470 g/mol. The number of amides is 2. The lowest BCUT2D eigenvalue weighted by Gasteiger charge is -2.08. The van der Waals surface area contributed by atoms with Gasteiger partial charge in [-0.2, -0.15) is 5.10 Å². The third-order valence-corrected chi connectivity index (χ3v) is 5.45. The van der Waals surface area contributed by atoms with Crippen molar-refractivity contribution in [2.24, 2.45) is 0 Å². The van der Waals surface area contributed by atoms with Gasteiger partial charge in [-0.05, 0) is 48.4 Å². The summed E-state index contributed by atoms with van der Waals surface area (Å²) in [6.07, 6.45) is 2.54. The van der Waals surface area contributed by atoms with Crippen LogP contribution in [0.2, 0.25) is 0 Å². The Labute approximate surface area is 201 Å². The Balaban J connectivity index is 1.53. The molecule has 3 aromatic carbocycles. The third kappa shape index (κ3) is 5.59. The number of nitro benzene ring substituents is 1. The summed E-state index contributed by atoms with van der Waals surface area (Å²) in [7, 11) is 0. The van der Waals surface area contributed by atoms with Crippen LogP contribution < -0.4 is 10.9 Å². The Morgan fingerprint density at radius 3 is 2.26 bits per heavy atom. The molecular formula is C26H23N5O4. The van der Waals surface area contributed by atoms with Crippen molar-refractivity contribution >= 4 is 17.5 Å². The number of non-ortho nitro benzene ring substituents is 1. The monoisotopic (exact) mass is 469 g/mol. The van der Waals surface area contributed by atoms with E-state index in [4.69, 9.17) is 0 Å². The number of aromatic nitrogens is 2. The van der Waals surface area contributed by atoms with Gasteiger partial charge in [0, 0.05) is 35.0 Å². The third-order valence-electron chi connectivity index (χ3n) is 5.45. The molecule has 0 saturated heterocycles. The van der Waals surface area contributed by atoms with Gasteiger partial charge >= 0.3 is 0 Å². The highest BCUT2D eigenvalue weighted by Gasteiger charge is 2.17. The fourth-order valence-corrected chi connectivity index (χ4v) is 3.54. The molecule has 0 radical (unpaired) electrons. The number of carbonyl (C=O) groups is 2. The Morgan fingerprint density at radius 2 is 1.63 bits per heavy atom. The molecule has 9 nitrogen and oxygen atoms in total. The molecule has 0 unspecified atom stereocenters. The van der Waals surface area contributed by atoms with Crippen LogP contribution in [0.25, 0.3) is 16.9 Å². The highest BCUT2D eigenvalue weighted by molar-refractivity contribution is 5.95. The Kier molecular flexibility index (Phi) is 6.96. The normalized spacial score (nSPS) is 10.5. The maximum Gasteiger partial charge on any atom is 0.269 e. The van der Waals surface area contributed by atoms with E-state index >= 15 is 0 Å². The smallest absolute Gasteiger partial charge is 0.269 e. The lowest BCUT2D eigenvalue weighted by molar-refractivity contribution is -0.384. The van der Waals surface area contributed by atoms with E-state index in [1.165, 1.54) is 12.1 Å². The average Bonchev–Trinajstić information content (AvgIpc) is 3.31. The summed E-state index contributed by atoms with van der Waals surface area (Å²) in [5.74, 6) is -0.851. The molecule has 4 aromatic rings. The molecule has 1 heterocycles. The summed E-state index contributed by atoms with van der Waals surface area (Å²) < 4.78 is 1.65. The maximum absolute atomic E-state index is 12.7. The van der Waals surface area contributed by atoms with Crippen LogP contribution in [0.4, 0.5) is 5.69 Å². The van der Waals surface area contributed by atoms with E-state index in [1.54, 1.807) is 35.1 Å². The van der Waals surface area contributed by atoms with E-state index in [1.807, 2.05) is 49.4 Å². The molecule has 0 fully saturated rings. The van der Waals surface area contributed by atoms with Crippen molar-refractivity contribution in [1.82, 2.24) is 20.6 Å². The van der Waals surface area contributed by atoms with Gasteiger partial charge in [-0.1, -0.05) is 37.3 Å². The molecule has 0 aliphatic heterocycles.